The number of carbonyl (C=O) groups excluding carboxylic acids is 2. The second kappa shape index (κ2) is 8.10. The Morgan fingerprint density at radius 2 is 2.06 bits per heavy atom. The minimum Gasteiger partial charge on any atom is -0.464 e. The lowest BCUT2D eigenvalue weighted by Crippen LogP contribution is -2.28. The van der Waals surface area contributed by atoms with E-state index in [1.54, 1.807) is 14.0 Å². The van der Waals surface area contributed by atoms with Crippen molar-refractivity contribution in [2.45, 2.75) is 26.7 Å². The molecule has 1 amide bonds. The van der Waals surface area contributed by atoms with Crippen LogP contribution in [0, 0.1) is 11.8 Å². The van der Waals surface area contributed by atoms with E-state index in [0.29, 0.717) is 26.0 Å². The zero-order valence-electron chi connectivity index (χ0n) is 10.3. The van der Waals surface area contributed by atoms with Crippen LogP contribution >= 0.6 is 0 Å². The van der Waals surface area contributed by atoms with Gasteiger partial charge in [0.2, 0.25) is 5.91 Å². The van der Waals surface area contributed by atoms with Crippen LogP contribution < -0.4 is 11.1 Å². The van der Waals surface area contributed by atoms with Gasteiger partial charge in [-0.2, -0.15) is 0 Å². The molecule has 0 radical (unpaired) electrons. The highest BCUT2D eigenvalue weighted by Gasteiger charge is 2.22. The SMILES string of the molecule is CC[C@H](CC(C)C(=O)OCCNC)C(N)=O. The van der Waals surface area contributed by atoms with Crippen LogP contribution in [-0.2, 0) is 14.3 Å². The molecule has 0 saturated heterocycles. The first-order valence-electron chi connectivity index (χ1n) is 5.63. The molecule has 16 heavy (non-hydrogen) atoms. The zero-order valence-corrected chi connectivity index (χ0v) is 10.3. The second-order valence-electron chi connectivity index (χ2n) is 3.92. The lowest BCUT2D eigenvalue weighted by Gasteiger charge is -2.16. The summed E-state index contributed by atoms with van der Waals surface area (Å²) in [5, 5.41) is 2.88. The Hall–Kier alpha value is -1.10. The maximum absolute atomic E-state index is 11.5. The summed E-state index contributed by atoms with van der Waals surface area (Å²) in [6, 6.07) is 0. The van der Waals surface area contributed by atoms with Gasteiger partial charge in [0.1, 0.15) is 6.61 Å². The van der Waals surface area contributed by atoms with Gasteiger partial charge in [0, 0.05) is 12.5 Å². The van der Waals surface area contributed by atoms with Gasteiger partial charge < -0.3 is 15.8 Å². The van der Waals surface area contributed by atoms with Crippen molar-refractivity contribution in [1.82, 2.24) is 5.32 Å². The summed E-state index contributed by atoms with van der Waals surface area (Å²) in [5.74, 6) is -1.14. The average molecular weight is 230 g/mol. The molecule has 0 aliphatic rings. The molecule has 5 nitrogen and oxygen atoms in total. The third-order valence-electron chi connectivity index (χ3n) is 2.53. The van der Waals surface area contributed by atoms with Crippen molar-refractivity contribution in [3.8, 4) is 0 Å². The molecule has 0 rings (SSSR count). The number of ether oxygens (including phenoxy) is 1. The van der Waals surface area contributed by atoms with E-state index in [2.05, 4.69) is 5.32 Å². The summed E-state index contributed by atoms with van der Waals surface area (Å²) in [7, 11) is 1.79. The lowest BCUT2D eigenvalue weighted by molar-refractivity contribution is -0.148. The van der Waals surface area contributed by atoms with Crippen LogP contribution in [0.1, 0.15) is 26.7 Å². The van der Waals surface area contributed by atoms with Crippen LogP contribution in [-0.4, -0.2) is 32.1 Å². The second-order valence-corrected chi connectivity index (χ2v) is 3.92. The van der Waals surface area contributed by atoms with Crippen molar-refractivity contribution >= 4 is 11.9 Å². The van der Waals surface area contributed by atoms with Crippen molar-refractivity contribution in [3.63, 3.8) is 0 Å². The number of carbonyl (C=O) groups is 2. The maximum atomic E-state index is 11.5. The number of nitrogens with two attached hydrogens (primary N) is 1. The van der Waals surface area contributed by atoms with Crippen molar-refractivity contribution in [2.75, 3.05) is 20.2 Å². The number of hydrogen-bond donors (Lipinski definition) is 2. The molecule has 0 aromatic heterocycles. The van der Waals surface area contributed by atoms with Gasteiger partial charge in [-0.05, 0) is 19.9 Å². The number of esters is 1. The molecule has 0 aliphatic heterocycles. The smallest absolute Gasteiger partial charge is 0.308 e. The Morgan fingerprint density at radius 3 is 2.50 bits per heavy atom. The Balaban J connectivity index is 3.98. The maximum Gasteiger partial charge on any atom is 0.308 e. The first kappa shape index (κ1) is 14.9. The van der Waals surface area contributed by atoms with Crippen LogP contribution in [0.5, 0.6) is 0 Å². The molecule has 0 aromatic carbocycles. The van der Waals surface area contributed by atoms with Gasteiger partial charge in [-0.15, -0.1) is 0 Å². The number of hydrogen-bond acceptors (Lipinski definition) is 4. The molecule has 0 saturated carbocycles. The molecular weight excluding hydrogens is 208 g/mol. The fraction of sp³-hybridized carbons (Fsp3) is 0.818. The zero-order chi connectivity index (χ0) is 12.6. The fourth-order valence-corrected chi connectivity index (χ4v) is 1.40. The molecule has 94 valence electrons. The van der Waals surface area contributed by atoms with Gasteiger partial charge in [-0.25, -0.2) is 0 Å². The van der Waals surface area contributed by atoms with E-state index in [4.69, 9.17) is 10.5 Å². The Bertz CT molecular complexity index is 231. The highest BCUT2D eigenvalue weighted by atomic mass is 16.5. The predicted octanol–water partition coefficient (Wildman–Crippen LogP) is 0.287. The summed E-state index contributed by atoms with van der Waals surface area (Å²) in [5.41, 5.74) is 5.22. The summed E-state index contributed by atoms with van der Waals surface area (Å²) in [6.45, 7) is 4.63. The topological polar surface area (TPSA) is 81.4 Å². The van der Waals surface area contributed by atoms with Gasteiger partial charge in [0.05, 0.1) is 5.92 Å². The van der Waals surface area contributed by atoms with Crippen molar-refractivity contribution < 1.29 is 14.3 Å². The largest absolute Gasteiger partial charge is 0.464 e. The van der Waals surface area contributed by atoms with Gasteiger partial charge in [0.25, 0.3) is 0 Å². The van der Waals surface area contributed by atoms with E-state index < -0.39 is 0 Å². The van der Waals surface area contributed by atoms with E-state index in [1.807, 2.05) is 6.92 Å². The fourth-order valence-electron chi connectivity index (χ4n) is 1.40. The number of likely N-dealkylation sites (N-methyl/N-ethyl adjacent to an activating group) is 1. The van der Waals surface area contributed by atoms with Crippen LogP contribution in [0.3, 0.4) is 0 Å². The molecule has 1 unspecified atom stereocenters. The summed E-state index contributed by atoms with van der Waals surface area (Å²) in [4.78, 5) is 22.5. The molecule has 2 atom stereocenters. The number of amides is 1. The molecule has 0 aromatic rings. The van der Waals surface area contributed by atoms with Gasteiger partial charge in [-0.3, -0.25) is 9.59 Å². The van der Waals surface area contributed by atoms with E-state index in [-0.39, 0.29) is 23.7 Å². The Morgan fingerprint density at radius 1 is 1.44 bits per heavy atom. The minimum atomic E-state index is -0.350. The molecule has 0 fully saturated rings. The summed E-state index contributed by atoms with van der Waals surface area (Å²) in [6.07, 6.45) is 1.12. The van der Waals surface area contributed by atoms with E-state index >= 15 is 0 Å². The standard InChI is InChI=1S/C11H22N2O3/c1-4-9(10(12)14)7-8(2)11(15)16-6-5-13-3/h8-9,13H,4-7H2,1-3H3,(H2,12,14)/t8?,9-/m1/s1. The van der Waals surface area contributed by atoms with E-state index in [9.17, 15) is 9.59 Å². The number of nitrogens with one attached hydrogen (secondary N) is 1. The highest BCUT2D eigenvalue weighted by Crippen LogP contribution is 2.16. The molecular formula is C11H22N2O3. The van der Waals surface area contributed by atoms with Crippen LogP contribution in [0.15, 0.2) is 0 Å². The van der Waals surface area contributed by atoms with Crippen LogP contribution in [0.2, 0.25) is 0 Å². The van der Waals surface area contributed by atoms with Crippen LogP contribution in [0.4, 0.5) is 0 Å². The monoisotopic (exact) mass is 230 g/mol. The molecule has 0 bridgehead atoms. The Labute approximate surface area is 96.7 Å². The molecule has 5 heteroatoms. The lowest BCUT2D eigenvalue weighted by atomic mass is 9.93. The van der Waals surface area contributed by atoms with E-state index in [0.717, 1.165) is 0 Å². The normalized spacial score (nSPS) is 14.2. The molecule has 0 aliphatic carbocycles. The third kappa shape index (κ3) is 5.70. The molecule has 3 N–H and O–H groups in total. The average Bonchev–Trinajstić information content (AvgIpc) is 2.25. The molecule has 0 heterocycles. The summed E-state index contributed by atoms with van der Waals surface area (Å²) < 4.78 is 5.02. The van der Waals surface area contributed by atoms with Crippen LogP contribution in [0.25, 0.3) is 0 Å². The van der Waals surface area contributed by atoms with E-state index in [1.165, 1.54) is 0 Å². The van der Waals surface area contributed by atoms with Gasteiger partial charge >= 0.3 is 5.97 Å². The predicted molar refractivity (Wildman–Crippen MR) is 61.6 cm³/mol. The molecule has 0 spiro atoms. The first-order chi connectivity index (χ1) is 7.52. The number of primary amides is 1. The Kier molecular flexibility index (Phi) is 7.54. The number of rotatable bonds is 8. The van der Waals surface area contributed by atoms with Crippen molar-refractivity contribution in [2.24, 2.45) is 17.6 Å². The first-order valence-corrected chi connectivity index (χ1v) is 5.63. The quantitative estimate of drug-likeness (QED) is 0.464. The van der Waals surface area contributed by atoms with Gasteiger partial charge in [0.15, 0.2) is 0 Å². The summed E-state index contributed by atoms with van der Waals surface area (Å²) >= 11 is 0. The highest BCUT2D eigenvalue weighted by molar-refractivity contribution is 5.78. The van der Waals surface area contributed by atoms with Crippen molar-refractivity contribution in [1.29, 1.82) is 0 Å². The van der Waals surface area contributed by atoms with Crippen molar-refractivity contribution in [3.05, 3.63) is 0 Å². The third-order valence-corrected chi connectivity index (χ3v) is 2.53. The minimum absolute atomic E-state index is 0.244. The van der Waals surface area contributed by atoms with Gasteiger partial charge in [-0.1, -0.05) is 13.8 Å².